The molecule has 19 heavy (non-hydrogen) atoms. The molecular weight excluding hydrogens is 250 g/mol. The molecule has 0 aromatic carbocycles. The van der Waals surface area contributed by atoms with Crippen molar-refractivity contribution < 1.29 is 10.1 Å². The van der Waals surface area contributed by atoms with Crippen LogP contribution in [0.5, 0.6) is 0 Å². The fourth-order valence-corrected chi connectivity index (χ4v) is 1.59. The first-order chi connectivity index (χ1) is 9.01. The Kier molecular flexibility index (Phi) is 5.04. The van der Waals surface area contributed by atoms with Gasteiger partial charge in [-0.3, -0.25) is 10.1 Å². The Morgan fingerprint density at radius 1 is 1.68 bits per heavy atom. The van der Waals surface area contributed by atoms with Crippen molar-refractivity contribution >= 4 is 17.3 Å². The SMILES string of the molecule is CCCCN(C)c1ncc([N+](=O)[O-])cc1C(N)=NO. The van der Waals surface area contributed by atoms with Crippen LogP contribution in [0.2, 0.25) is 0 Å². The van der Waals surface area contributed by atoms with Crippen LogP contribution in [-0.2, 0) is 0 Å². The first-order valence-corrected chi connectivity index (χ1v) is 5.84. The summed E-state index contributed by atoms with van der Waals surface area (Å²) in [6, 6.07) is 1.25. The third-order valence-corrected chi connectivity index (χ3v) is 2.66. The molecule has 1 aromatic rings. The summed E-state index contributed by atoms with van der Waals surface area (Å²) in [5.74, 6) is 0.254. The molecule has 104 valence electrons. The molecule has 3 N–H and O–H groups in total. The van der Waals surface area contributed by atoms with Gasteiger partial charge in [-0.05, 0) is 6.42 Å². The number of hydrogen-bond donors (Lipinski definition) is 2. The van der Waals surface area contributed by atoms with Crippen LogP contribution >= 0.6 is 0 Å². The summed E-state index contributed by atoms with van der Waals surface area (Å²) in [5, 5.41) is 22.4. The summed E-state index contributed by atoms with van der Waals surface area (Å²) in [7, 11) is 1.80. The van der Waals surface area contributed by atoms with Gasteiger partial charge >= 0.3 is 0 Å². The molecule has 0 bridgehead atoms. The molecule has 0 aliphatic carbocycles. The fraction of sp³-hybridized carbons (Fsp3) is 0.455. The number of rotatable bonds is 6. The molecule has 1 rings (SSSR count). The van der Waals surface area contributed by atoms with Gasteiger partial charge in [-0.25, -0.2) is 4.98 Å². The van der Waals surface area contributed by atoms with Crippen LogP contribution in [0.3, 0.4) is 0 Å². The smallest absolute Gasteiger partial charge is 0.288 e. The summed E-state index contributed by atoms with van der Waals surface area (Å²) >= 11 is 0. The van der Waals surface area contributed by atoms with Gasteiger partial charge in [0.2, 0.25) is 0 Å². The quantitative estimate of drug-likeness (QED) is 0.264. The van der Waals surface area contributed by atoms with Crippen LogP contribution in [0.15, 0.2) is 17.4 Å². The predicted molar refractivity (Wildman–Crippen MR) is 71.6 cm³/mol. The molecule has 8 heteroatoms. The first-order valence-electron chi connectivity index (χ1n) is 5.84. The number of nitro groups is 1. The Morgan fingerprint density at radius 3 is 2.89 bits per heavy atom. The topological polar surface area (TPSA) is 118 Å². The van der Waals surface area contributed by atoms with Crippen LogP contribution in [0.4, 0.5) is 11.5 Å². The normalized spacial score (nSPS) is 11.4. The van der Waals surface area contributed by atoms with Crippen LogP contribution in [-0.4, -0.2) is 34.5 Å². The van der Waals surface area contributed by atoms with Gasteiger partial charge in [0.05, 0.1) is 10.5 Å². The fourth-order valence-electron chi connectivity index (χ4n) is 1.59. The van der Waals surface area contributed by atoms with Crippen LogP contribution in [0.1, 0.15) is 25.3 Å². The van der Waals surface area contributed by atoms with Crippen molar-refractivity contribution in [2.75, 3.05) is 18.5 Å². The lowest BCUT2D eigenvalue weighted by Crippen LogP contribution is -2.25. The molecule has 0 fully saturated rings. The Balaban J connectivity index is 3.19. The van der Waals surface area contributed by atoms with E-state index in [2.05, 4.69) is 17.1 Å². The average molecular weight is 267 g/mol. The van der Waals surface area contributed by atoms with Crippen molar-refractivity contribution in [1.82, 2.24) is 4.98 Å². The second-order valence-electron chi connectivity index (χ2n) is 4.08. The van der Waals surface area contributed by atoms with Crippen molar-refractivity contribution in [3.8, 4) is 0 Å². The Bertz CT molecular complexity index is 489. The zero-order valence-electron chi connectivity index (χ0n) is 10.9. The van der Waals surface area contributed by atoms with Gasteiger partial charge in [0.15, 0.2) is 5.84 Å². The number of aromatic nitrogens is 1. The van der Waals surface area contributed by atoms with Gasteiger partial charge < -0.3 is 15.8 Å². The monoisotopic (exact) mass is 267 g/mol. The molecule has 0 amide bonds. The molecule has 0 aliphatic rings. The van der Waals surface area contributed by atoms with E-state index in [9.17, 15) is 10.1 Å². The second kappa shape index (κ2) is 6.53. The van der Waals surface area contributed by atoms with E-state index in [-0.39, 0.29) is 17.1 Å². The van der Waals surface area contributed by atoms with E-state index in [1.807, 2.05) is 4.90 Å². The summed E-state index contributed by atoms with van der Waals surface area (Å²) < 4.78 is 0. The number of amidine groups is 1. The van der Waals surface area contributed by atoms with Crippen molar-refractivity contribution in [1.29, 1.82) is 0 Å². The summed E-state index contributed by atoms with van der Waals surface area (Å²) in [4.78, 5) is 16.0. The van der Waals surface area contributed by atoms with Gasteiger partial charge in [-0.2, -0.15) is 0 Å². The molecule has 0 aliphatic heterocycles. The second-order valence-corrected chi connectivity index (χ2v) is 4.08. The lowest BCUT2D eigenvalue weighted by Gasteiger charge is -2.20. The number of anilines is 1. The van der Waals surface area contributed by atoms with Crippen LogP contribution in [0.25, 0.3) is 0 Å². The Labute approximate surface area is 110 Å². The minimum Gasteiger partial charge on any atom is -0.409 e. The third kappa shape index (κ3) is 3.54. The standard InChI is InChI=1S/C11H17N5O3/c1-3-4-5-15(2)11-9(10(12)14-17)6-8(7-13-11)16(18)19/h6-7,17H,3-5H2,1-2H3,(H2,12,14). The van der Waals surface area contributed by atoms with Gasteiger partial charge in [0.25, 0.3) is 5.69 Å². The van der Waals surface area contributed by atoms with E-state index in [4.69, 9.17) is 10.9 Å². The summed E-state index contributed by atoms with van der Waals surface area (Å²) in [5.41, 5.74) is 5.59. The summed E-state index contributed by atoms with van der Waals surface area (Å²) in [6.45, 7) is 2.79. The highest BCUT2D eigenvalue weighted by atomic mass is 16.6. The minimum atomic E-state index is -0.572. The maximum absolute atomic E-state index is 10.7. The minimum absolute atomic E-state index is 0.199. The van der Waals surface area contributed by atoms with Crippen molar-refractivity contribution in [3.63, 3.8) is 0 Å². The van der Waals surface area contributed by atoms with Crippen LogP contribution in [0, 0.1) is 10.1 Å². The number of hydrogen-bond acceptors (Lipinski definition) is 6. The molecule has 0 saturated heterocycles. The molecule has 8 nitrogen and oxygen atoms in total. The highest BCUT2D eigenvalue weighted by molar-refractivity contribution is 6.01. The number of nitrogens with zero attached hydrogens (tertiary/aromatic N) is 4. The van der Waals surface area contributed by atoms with Crippen molar-refractivity contribution in [3.05, 3.63) is 27.9 Å². The molecule has 1 aromatic heterocycles. The van der Waals surface area contributed by atoms with E-state index < -0.39 is 4.92 Å². The molecule has 1 heterocycles. The first kappa shape index (κ1) is 14.7. The van der Waals surface area contributed by atoms with Gasteiger partial charge in [-0.1, -0.05) is 18.5 Å². The Morgan fingerprint density at radius 2 is 2.37 bits per heavy atom. The number of unbranched alkanes of at least 4 members (excludes halogenated alkanes) is 1. The lowest BCUT2D eigenvalue weighted by atomic mass is 10.2. The van der Waals surface area contributed by atoms with Crippen molar-refractivity contribution in [2.24, 2.45) is 10.9 Å². The molecule has 0 radical (unpaired) electrons. The van der Waals surface area contributed by atoms with Crippen LogP contribution < -0.4 is 10.6 Å². The van der Waals surface area contributed by atoms with E-state index >= 15 is 0 Å². The zero-order valence-corrected chi connectivity index (χ0v) is 10.9. The van der Waals surface area contributed by atoms with E-state index in [0.29, 0.717) is 5.82 Å². The van der Waals surface area contributed by atoms with Crippen molar-refractivity contribution in [2.45, 2.75) is 19.8 Å². The Hall–Kier alpha value is -2.38. The van der Waals surface area contributed by atoms with E-state index in [0.717, 1.165) is 25.6 Å². The van der Waals surface area contributed by atoms with E-state index in [1.165, 1.54) is 6.07 Å². The van der Waals surface area contributed by atoms with E-state index in [1.54, 1.807) is 7.05 Å². The zero-order chi connectivity index (χ0) is 14.4. The number of oxime groups is 1. The molecule has 0 saturated carbocycles. The third-order valence-electron chi connectivity index (χ3n) is 2.66. The molecule has 0 spiro atoms. The lowest BCUT2D eigenvalue weighted by molar-refractivity contribution is -0.385. The maximum atomic E-state index is 10.7. The predicted octanol–water partition coefficient (Wildman–Crippen LogP) is 1.32. The highest BCUT2D eigenvalue weighted by Crippen LogP contribution is 2.21. The summed E-state index contributed by atoms with van der Waals surface area (Å²) in [6.07, 6.45) is 3.12. The van der Waals surface area contributed by atoms with Gasteiger partial charge in [0.1, 0.15) is 12.0 Å². The maximum Gasteiger partial charge on any atom is 0.288 e. The molecule has 0 atom stereocenters. The average Bonchev–Trinajstić information content (AvgIpc) is 2.43. The largest absolute Gasteiger partial charge is 0.409 e. The highest BCUT2D eigenvalue weighted by Gasteiger charge is 2.17. The van der Waals surface area contributed by atoms with Gasteiger partial charge in [-0.15, -0.1) is 0 Å². The van der Waals surface area contributed by atoms with Gasteiger partial charge in [0, 0.05) is 19.7 Å². The number of nitrogens with two attached hydrogens (primary N) is 1. The molecular formula is C11H17N5O3. The molecule has 0 unspecified atom stereocenters. The number of pyridine rings is 1.